The third-order valence-electron chi connectivity index (χ3n) is 4.74. The van der Waals surface area contributed by atoms with Crippen molar-refractivity contribution in [1.29, 1.82) is 0 Å². The Kier molecular flexibility index (Phi) is 4.70. The van der Waals surface area contributed by atoms with Crippen LogP contribution in [0.2, 0.25) is 0 Å². The number of rotatable bonds is 5. The lowest BCUT2D eigenvalue weighted by Gasteiger charge is -2.16. The molecule has 1 aliphatic heterocycles. The van der Waals surface area contributed by atoms with Gasteiger partial charge in [-0.15, -0.1) is 0 Å². The third-order valence-corrected chi connectivity index (χ3v) is 4.74. The summed E-state index contributed by atoms with van der Waals surface area (Å²) in [6.45, 7) is 0.996. The number of benzene rings is 2. The van der Waals surface area contributed by atoms with Crippen LogP contribution < -0.4 is 5.32 Å². The fourth-order valence-electron chi connectivity index (χ4n) is 3.28. The van der Waals surface area contributed by atoms with E-state index in [0.29, 0.717) is 13.1 Å². The molecule has 1 N–H and O–H groups in total. The van der Waals surface area contributed by atoms with Gasteiger partial charge in [0.2, 0.25) is 11.8 Å². The standard InChI is InChI=1S/C21H20N4O2/c26-20-12-17(14-25(20)13-16-4-2-1-3-5-16)21(27)23-18-6-8-19(9-7-18)24-11-10-22-15-24/h1-11,15,17H,12-14H2,(H,23,27). The summed E-state index contributed by atoms with van der Waals surface area (Å²) >= 11 is 0. The first-order valence-corrected chi connectivity index (χ1v) is 8.90. The van der Waals surface area contributed by atoms with Gasteiger partial charge in [-0.25, -0.2) is 4.98 Å². The first-order valence-electron chi connectivity index (χ1n) is 8.90. The Morgan fingerprint density at radius 2 is 1.89 bits per heavy atom. The predicted molar refractivity (Wildman–Crippen MR) is 102 cm³/mol. The van der Waals surface area contributed by atoms with Crippen molar-refractivity contribution in [3.8, 4) is 5.69 Å². The molecule has 1 fully saturated rings. The van der Waals surface area contributed by atoms with Crippen LogP contribution >= 0.6 is 0 Å². The topological polar surface area (TPSA) is 67.2 Å². The van der Waals surface area contributed by atoms with Crippen molar-refractivity contribution < 1.29 is 9.59 Å². The molecule has 27 heavy (non-hydrogen) atoms. The van der Waals surface area contributed by atoms with Crippen molar-refractivity contribution in [3.63, 3.8) is 0 Å². The molecule has 6 heteroatoms. The van der Waals surface area contributed by atoms with E-state index in [9.17, 15) is 9.59 Å². The lowest BCUT2D eigenvalue weighted by molar-refractivity contribution is -0.128. The summed E-state index contributed by atoms with van der Waals surface area (Å²) in [4.78, 5) is 30.6. The predicted octanol–water partition coefficient (Wildman–Crippen LogP) is 2.86. The molecule has 136 valence electrons. The number of amides is 2. The number of nitrogens with zero attached hydrogens (tertiary/aromatic N) is 3. The van der Waals surface area contributed by atoms with Crippen LogP contribution in [-0.4, -0.2) is 32.8 Å². The number of anilines is 1. The SMILES string of the molecule is O=C(Nc1ccc(-n2ccnc2)cc1)C1CC(=O)N(Cc2ccccc2)C1. The minimum atomic E-state index is -0.325. The molecule has 0 saturated carbocycles. The Labute approximate surface area is 157 Å². The number of hydrogen-bond acceptors (Lipinski definition) is 3. The summed E-state index contributed by atoms with van der Waals surface area (Å²) < 4.78 is 1.89. The number of carbonyl (C=O) groups is 2. The maximum atomic E-state index is 12.6. The molecular weight excluding hydrogens is 340 g/mol. The van der Waals surface area contributed by atoms with Gasteiger partial charge < -0.3 is 14.8 Å². The normalized spacial score (nSPS) is 16.5. The zero-order chi connectivity index (χ0) is 18.6. The molecule has 3 aromatic rings. The molecule has 1 atom stereocenters. The lowest BCUT2D eigenvalue weighted by atomic mass is 10.1. The molecule has 2 amide bonds. The van der Waals surface area contributed by atoms with Crippen LogP contribution in [0.5, 0.6) is 0 Å². The molecule has 2 heterocycles. The Morgan fingerprint density at radius 3 is 2.59 bits per heavy atom. The summed E-state index contributed by atoms with van der Waals surface area (Å²) in [6.07, 6.45) is 5.55. The Bertz CT molecular complexity index is 921. The highest BCUT2D eigenvalue weighted by Crippen LogP contribution is 2.22. The van der Waals surface area contributed by atoms with E-state index >= 15 is 0 Å². The molecule has 6 nitrogen and oxygen atoms in total. The van der Waals surface area contributed by atoms with Gasteiger partial charge in [-0.1, -0.05) is 30.3 Å². The quantitative estimate of drug-likeness (QED) is 0.761. The van der Waals surface area contributed by atoms with Crippen molar-refractivity contribution in [2.45, 2.75) is 13.0 Å². The van der Waals surface area contributed by atoms with E-state index in [-0.39, 0.29) is 24.2 Å². The van der Waals surface area contributed by atoms with E-state index < -0.39 is 0 Å². The molecule has 0 spiro atoms. The fraction of sp³-hybridized carbons (Fsp3) is 0.190. The van der Waals surface area contributed by atoms with Gasteiger partial charge in [0.1, 0.15) is 0 Å². The number of likely N-dealkylation sites (tertiary alicyclic amines) is 1. The first kappa shape index (κ1) is 17.0. The van der Waals surface area contributed by atoms with Gasteiger partial charge in [0.25, 0.3) is 0 Å². The first-order chi connectivity index (χ1) is 13.2. The van der Waals surface area contributed by atoms with Gasteiger partial charge >= 0.3 is 0 Å². The van der Waals surface area contributed by atoms with Gasteiger partial charge in [-0.05, 0) is 29.8 Å². The summed E-state index contributed by atoms with van der Waals surface area (Å²) in [5.41, 5.74) is 2.76. The number of carbonyl (C=O) groups excluding carboxylic acids is 2. The van der Waals surface area contributed by atoms with E-state index in [1.165, 1.54) is 0 Å². The molecule has 1 aliphatic rings. The van der Waals surface area contributed by atoms with Gasteiger partial charge in [-0.2, -0.15) is 0 Å². The number of imidazole rings is 1. The van der Waals surface area contributed by atoms with E-state index in [1.807, 2.05) is 65.4 Å². The largest absolute Gasteiger partial charge is 0.338 e. The number of nitrogens with one attached hydrogen (secondary N) is 1. The Balaban J connectivity index is 1.36. The van der Waals surface area contributed by atoms with E-state index in [2.05, 4.69) is 10.3 Å². The Morgan fingerprint density at radius 1 is 1.11 bits per heavy atom. The van der Waals surface area contributed by atoms with E-state index in [4.69, 9.17) is 0 Å². The monoisotopic (exact) mass is 360 g/mol. The average Bonchev–Trinajstić information content (AvgIpc) is 3.34. The van der Waals surface area contributed by atoms with Crippen LogP contribution in [0.4, 0.5) is 5.69 Å². The highest BCUT2D eigenvalue weighted by Gasteiger charge is 2.34. The fourth-order valence-corrected chi connectivity index (χ4v) is 3.28. The maximum absolute atomic E-state index is 12.6. The van der Waals surface area contributed by atoms with Crippen LogP contribution in [0.15, 0.2) is 73.3 Å². The minimum absolute atomic E-state index is 0.0226. The highest BCUT2D eigenvalue weighted by molar-refractivity contribution is 5.97. The molecule has 0 bridgehead atoms. The molecule has 0 aliphatic carbocycles. The second-order valence-electron chi connectivity index (χ2n) is 6.67. The molecule has 1 saturated heterocycles. The van der Waals surface area contributed by atoms with Gasteiger partial charge in [0.05, 0.1) is 12.2 Å². The maximum Gasteiger partial charge on any atom is 0.229 e. The van der Waals surface area contributed by atoms with E-state index in [0.717, 1.165) is 16.9 Å². The molecule has 1 aromatic heterocycles. The number of hydrogen-bond donors (Lipinski definition) is 1. The van der Waals surface area contributed by atoms with Gasteiger partial charge in [-0.3, -0.25) is 9.59 Å². The summed E-state index contributed by atoms with van der Waals surface area (Å²) in [6, 6.07) is 17.4. The van der Waals surface area contributed by atoms with Crippen molar-refractivity contribution in [1.82, 2.24) is 14.5 Å². The third kappa shape index (κ3) is 3.89. The number of aromatic nitrogens is 2. The molecule has 2 aromatic carbocycles. The molecule has 4 rings (SSSR count). The van der Waals surface area contributed by atoms with Crippen molar-refractivity contribution in [2.24, 2.45) is 5.92 Å². The minimum Gasteiger partial charge on any atom is -0.338 e. The van der Waals surface area contributed by atoms with Crippen molar-refractivity contribution in [3.05, 3.63) is 78.9 Å². The second kappa shape index (κ2) is 7.45. The van der Waals surface area contributed by atoms with Crippen LogP contribution in [-0.2, 0) is 16.1 Å². The summed E-state index contributed by atoms with van der Waals surface area (Å²) in [5, 5.41) is 2.92. The summed E-state index contributed by atoms with van der Waals surface area (Å²) in [7, 11) is 0. The second-order valence-corrected chi connectivity index (χ2v) is 6.67. The van der Waals surface area contributed by atoms with Crippen LogP contribution in [0.1, 0.15) is 12.0 Å². The molecule has 0 radical (unpaired) electrons. The smallest absolute Gasteiger partial charge is 0.229 e. The van der Waals surface area contributed by atoms with Crippen LogP contribution in [0.25, 0.3) is 5.69 Å². The van der Waals surface area contributed by atoms with Gasteiger partial charge in [0, 0.05) is 43.3 Å². The molecular formula is C21H20N4O2. The Hall–Kier alpha value is -3.41. The van der Waals surface area contributed by atoms with Crippen LogP contribution in [0.3, 0.4) is 0 Å². The highest BCUT2D eigenvalue weighted by atomic mass is 16.2. The average molecular weight is 360 g/mol. The zero-order valence-electron chi connectivity index (χ0n) is 14.8. The van der Waals surface area contributed by atoms with Crippen LogP contribution in [0, 0.1) is 5.92 Å². The van der Waals surface area contributed by atoms with Crippen molar-refractivity contribution in [2.75, 3.05) is 11.9 Å². The van der Waals surface area contributed by atoms with E-state index in [1.54, 1.807) is 17.4 Å². The summed E-state index contributed by atoms with van der Waals surface area (Å²) in [5.74, 6) is -0.418. The van der Waals surface area contributed by atoms with Gasteiger partial charge in [0.15, 0.2) is 0 Å². The van der Waals surface area contributed by atoms with Crippen molar-refractivity contribution >= 4 is 17.5 Å². The lowest BCUT2D eigenvalue weighted by Crippen LogP contribution is -2.28. The zero-order valence-corrected chi connectivity index (χ0v) is 14.8. The molecule has 1 unspecified atom stereocenters.